The van der Waals surface area contributed by atoms with Gasteiger partial charge in [0.1, 0.15) is 5.82 Å². The van der Waals surface area contributed by atoms with Crippen molar-refractivity contribution in [2.75, 3.05) is 32.7 Å². The minimum Gasteiger partial charge on any atom is -0.345 e. The summed E-state index contributed by atoms with van der Waals surface area (Å²) in [5.41, 5.74) is 2.70. The van der Waals surface area contributed by atoms with Gasteiger partial charge in [0.2, 0.25) is 0 Å². The molecular weight excluding hydrogens is 489 g/mol. The smallest absolute Gasteiger partial charge is 0.258 e. The Morgan fingerprint density at radius 3 is 2.30 bits per heavy atom. The fourth-order valence-corrected chi connectivity index (χ4v) is 5.93. The number of rotatable bonds is 7. The maximum atomic E-state index is 14.3. The van der Waals surface area contributed by atoms with Gasteiger partial charge in [0.25, 0.3) is 11.8 Å². The quantitative estimate of drug-likeness (QED) is 0.457. The van der Waals surface area contributed by atoms with Crippen molar-refractivity contribution in [2.24, 2.45) is 11.8 Å². The van der Waals surface area contributed by atoms with E-state index in [-0.39, 0.29) is 28.4 Å². The van der Waals surface area contributed by atoms with Gasteiger partial charge in [0.05, 0.1) is 16.6 Å². The third-order valence-corrected chi connectivity index (χ3v) is 7.97. The van der Waals surface area contributed by atoms with Gasteiger partial charge in [-0.05, 0) is 54.5 Å². The summed E-state index contributed by atoms with van der Waals surface area (Å²) in [5, 5.41) is 3.40. The lowest BCUT2D eigenvalue weighted by molar-refractivity contribution is 0.0769. The van der Waals surface area contributed by atoms with E-state index in [1.807, 2.05) is 49.4 Å². The van der Waals surface area contributed by atoms with Crippen molar-refractivity contribution in [1.29, 1.82) is 0 Å². The number of carbonyl (C=O) groups excluding carboxylic acids is 2. The summed E-state index contributed by atoms with van der Waals surface area (Å²) in [5.74, 6) is -0.258. The molecule has 2 amide bonds. The molecule has 2 unspecified atom stereocenters. The number of benzene rings is 3. The molecule has 2 aliphatic rings. The molecule has 0 aromatic heterocycles. The minimum atomic E-state index is -0.573. The van der Waals surface area contributed by atoms with Crippen molar-refractivity contribution in [1.82, 2.24) is 15.1 Å². The number of amides is 2. The topological polar surface area (TPSA) is 52.7 Å². The van der Waals surface area contributed by atoms with Crippen LogP contribution in [0.4, 0.5) is 4.39 Å². The van der Waals surface area contributed by atoms with Gasteiger partial charge < -0.3 is 15.1 Å². The average Bonchev–Trinajstić information content (AvgIpc) is 3.46. The van der Waals surface area contributed by atoms with Crippen molar-refractivity contribution in [3.63, 3.8) is 0 Å². The number of hydrogen-bond acceptors (Lipinski definition) is 3. The highest BCUT2D eigenvalue weighted by atomic mass is 35.5. The first-order chi connectivity index (χ1) is 17.9. The highest BCUT2D eigenvalue weighted by molar-refractivity contribution is 6.33. The van der Waals surface area contributed by atoms with Crippen molar-refractivity contribution in [3.8, 4) is 0 Å². The molecule has 3 atom stereocenters. The molecule has 3 aromatic rings. The molecule has 0 aliphatic carbocycles. The van der Waals surface area contributed by atoms with E-state index in [0.29, 0.717) is 30.5 Å². The fraction of sp³-hybridized carbons (Fsp3) is 0.333. The largest absolute Gasteiger partial charge is 0.345 e. The van der Waals surface area contributed by atoms with E-state index in [4.69, 9.17) is 11.6 Å². The van der Waals surface area contributed by atoms with Crippen LogP contribution in [0.1, 0.15) is 44.3 Å². The maximum Gasteiger partial charge on any atom is 0.258 e. The number of nitrogens with zero attached hydrogens (tertiary/aromatic N) is 2. The predicted octanol–water partition coefficient (Wildman–Crippen LogP) is 5.35. The van der Waals surface area contributed by atoms with Crippen molar-refractivity contribution < 1.29 is 14.0 Å². The van der Waals surface area contributed by atoms with Crippen LogP contribution < -0.4 is 5.32 Å². The van der Waals surface area contributed by atoms with Crippen LogP contribution in [0.3, 0.4) is 0 Å². The molecule has 37 heavy (non-hydrogen) atoms. The van der Waals surface area contributed by atoms with E-state index in [2.05, 4.69) is 22.3 Å². The molecule has 0 spiro atoms. The van der Waals surface area contributed by atoms with E-state index >= 15 is 0 Å². The van der Waals surface area contributed by atoms with Crippen LogP contribution in [0.5, 0.6) is 0 Å². The van der Waals surface area contributed by atoms with Gasteiger partial charge in [-0.1, -0.05) is 66.2 Å². The summed E-state index contributed by atoms with van der Waals surface area (Å²) in [6, 6.07) is 21.9. The van der Waals surface area contributed by atoms with Crippen LogP contribution in [0, 0.1) is 24.6 Å². The number of likely N-dealkylation sites (tertiary alicyclic amines) is 2. The molecule has 2 aliphatic heterocycles. The van der Waals surface area contributed by atoms with E-state index in [9.17, 15) is 14.0 Å². The zero-order chi connectivity index (χ0) is 25.9. The van der Waals surface area contributed by atoms with E-state index in [0.717, 1.165) is 37.2 Å². The molecule has 2 fully saturated rings. The lowest BCUT2D eigenvalue weighted by Crippen LogP contribution is -2.35. The van der Waals surface area contributed by atoms with Crippen LogP contribution in [0.15, 0.2) is 72.8 Å². The predicted molar refractivity (Wildman–Crippen MR) is 143 cm³/mol. The molecule has 0 saturated carbocycles. The van der Waals surface area contributed by atoms with Gasteiger partial charge in [-0.3, -0.25) is 9.59 Å². The third kappa shape index (κ3) is 5.55. The summed E-state index contributed by atoms with van der Waals surface area (Å²) in [7, 11) is 0. The Hall–Kier alpha value is -3.22. The Labute approximate surface area is 222 Å². The van der Waals surface area contributed by atoms with Gasteiger partial charge >= 0.3 is 0 Å². The summed E-state index contributed by atoms with van der Waals surface area (Å²) in [6.45, 7) is 5.77. The summed E-state index contributed by atoms with van der Waals surface area (Å²) in [4.78, 5) is 30.2. The Kier molecular flexibility index (Phi) is 7.58. The first-order valence-corrected chi connectivity index (χ1v) is 13.2. The molecule has 0 bridgehead atoms. The molecule has 7 heteroatoms. The van der Waals surface area contributed by atoms with Gasteiger partial charge in [0, 0.05) is 38.3 Å². The molecule has 5 nitrogen and oxygen atoms in total. The highest BCUT2D eigenvalue weighted by Gasteiger charge is 2.42. The van der Waals surface area contributed by atoms with Gasteiger partial charge in [0.15, 0.2) is 0 Å². The molecule has 192 valence electrons. The second-order valence-corrected chi connectivity index (χ2v) is 10.5. The first kappa shape index (κ1) is 25.4. The second kappa shape index (κ2) is 11.0. The number of nitrogens with one attached hydrogen (secondary N) is 1. The summed E-state index contributed by atoms with van der Waals surface area (Å²) in [6.07, 6.45) is 0.786. The van der Waals surface area contributed by atoms with Crippen LogP contribution >= 0.6 is 11.6 Å². The van der Waals surface area contributed by atoms with Crippen molar-refractivity contribution in [3.05, 3.63) is 106 Å². The third-order valence-electron chi connectivity index (χ3n) is 7.66. The van der Waals surface area contributed by atoms with Crippen LogP contribution in [-0.4, -0.2) is 54.3 Å². The van der Waals surface area contributed by atoms with Crippen LogP contribution in [-0.2, 0) is 0 Å². The average molecular weight is 520 g/mol. The molecule has 3 aromatic carbocycles. The number of hydrogen-bond donors (Lipinski definition) is 1. The van der Waals surface area contributed by atoms with E-state index < -0.39 is 5.82 Å². The molecule has 5 rings (SSSR count). The number of fused-ring (bicyclic) bond motifs is 1. The molecule has 0 radical (unpaired) electrons. The Morgan fingerprint density at radius 1 is 0.946 bits per heavy atom. The Balaban J connectivity index is 1.20. The lowest BCUT2D eigenvalue weighted by atomic mass is 10.0. The second-order valence-electron chi connectivity index (χ2n) is 10.1. The van der Waals surface area contributed by atoms with Crippen LogP contribution in [0.25, 0.3) is 0 Å². The lowest BCUT2D eigenvalue weighted by Gasteiger charge is -2.25. The minimum absolute atomic E-state index is 0.0314. The van der Waals surface area contributed by atoms with Crippen molar-refractivity contribution >= 4 is 23.4 Å². The zero-order valence-electron chi connectivity index (χ0n) is 20.9. The number of carbonyl (C=O) groups is 2. The van der Waals surface area contributed by atoms with E-state index in [1.165, 1.54) is 12.1 Å². The number of aryl methyl sites for hydroxylation is 1. The van der Waals surface area contributed by atoms with E-state index in [1.54, 1.807) is 11.0 Å². The highest BCUT2D eigenvalue weighted by Crippen LogP contribution is 2.34. The molecule has 2 saturated heterocycles. The first-order valence-electron chi connectivity index (χ1n) is 12.8. The molecular formula is C30H31ClFN3O2. The summed E-state index contributed by atoms with van der Waals surface area (Å²) >= 11 is 6.13. The summed E-state index contributed by atoms with van der Waals surface area (Å²) < 4.78 is 14.3. The molecule has 2 heterocycles. The Bertz CT molecular complexity index is 1250. The standard InChI is InChI=1S/C30H31ClFN3O2/c1-20-8-5-6-11-24(20)29(36)33-27(21-9-3-2-4-10-21)14-15-34-16-22-18-35(19-23(22)17-34)30(37)28-25(31)12-7-13-26(28)32/h2-13,22-23,27H,14-19H2,1H3,(H,33,36)/t22-,23?,27?/m0/s1. The monoisotopic (exact) mass is 519 g/mol. The van der Waals surface area contributed by atoms with Gasteiger partial charge in [-0.15, -0.1) is 0 Å². The zero-order valence-corrected chi connectivity index (χ0v) is 21.6. The van der Waals surface area contributed by atoms with Crippen molar-refractivity contribution in [2.45, 2.75) is 19.4 Å². The number of halogens is 2. The molecule has 1 N–H and O–H groups in total. The van der Waals surface area contributed by atoms with Crippen LogP contribution in [0.2, 0.25) is 5.02 Å². The fourth-order valence-electron chi connectivity index (χ4n) is 5.68. The Morgan fingerprint density at radius 2 is 1.62 bits per heavy atom. The normalized spacial score (nSPS) is 20.0. The SMILES string of the molecule is Cc1ccccc1C(=O)NC(CCN1CC2CN(C(=O)c3c(F)cccc3Cl)C[C@@H]2C1)c1ccccc1. The van der Waals surface area contributed by atoms with Gasteiger partial charge in [-0.2, -0.15) is 0 Å². The van der Waals surface area contributed by atoms with Gasteiger partial charge in [-0.25, -0.2) is 4.39 Å². The maximum absolute atomic E-state index is 14.3.